The summed E-state index contributed by atoms with van der Waals surface area (Å²) in [6.45, 7) is 0.455. The smallest absolute Gasteiger partial charge is 0.328 e. The maximum atomic E-state index is 11.5. The minimum absolute atomic E-state index is 0.0600. The Hall–Kier alpha value is -1.86. The molecule has 1 N–H and O–H groups in total. The van der Waals surface area contributed by atoms with Gasteiger partial charge in [0.1, 0.15) is 17.3 Å². The molecule has 0 atom stereocenters. The lowest BCUT2D eigenvalue weighted by atomic mass is 10.3. The van der Waals surface area contributed by atoms with Gasteiger partial charge in [-0.3, -0.25) is 14.3 Å². The van der Waals surface area contributed by atoms with Gasteiger partial charge in [0, 0.05) is 19.4 Å². The van der Waals surface area contributed by atoms with Crippen LogP contribution in [0.3, 0.4) is 0 Å². The van der Waals surface area contributed by atoms with E-state index in [9.17, 15) is 9.59 Å². The molecule has 0 aromatic carbocycles. The molecule has 0 bridgehead atoms. The van der Waals surface area contributed by atoms with Gasteiger partial charge < -0.3 is 9.26 Å². The number of aromatic amines is 1. The zero-order chi connectivity index (χ0) is 13.1. The van der Waals surface area contributed by atoms with Crippen molar-refractivity contribution >= 4 is 11.6 Å². The maximum absolute atomic E-state index is 11.5. The SMILES string of the molecule is COCc1cc(Cn2cc(Cl)c(=O)[nH]c2=O)no1. The van der Waals surface area contributed by atoms with E-state index in [2.05, 4.69) is 10.1 Å². The average Bonchev–Trinajstić information content (AvgIpc) is 2.74. The summed E-state index contributed by atoms with van der Waals surface area (Å²) in [5.41, 5.74) is -0.633. The molecule has 0 aliphatic rings. The number of methoxy groups -OCH3 is 1. The van der Waals surface area contributed by atoms with Crippen molar-refractivity contribution in [3.8, 4) is 0 Å². The van der Waals surface area contributed by atoms with Gasteiger partial charge in [0.2, 0.25) is 0 Å². The molecule has 7 nitrogen and oxygen atoms in total. The van der Waals surface area contributed by atoms with E-state index in [4.69, 9.17) is 20.9 Å². The second kappa shape index (κ2) is 5.19. The van der Waals surface area contributed by atoms with Gasteiger partial charge in [-0.15, -0.1) is 0 Å². The molecule has 2 aromatic rings. The molecule has 0 saturated carbocycles. The molecule has 0 fully saturated rings. The Morgan fingerprint density at radius 3 is 3.06 bits per heavy atom. The third kappa shape index (κ3) is 2.69. The van der Waals surface area contributed by atoms with Gasteiger partial charge in [0.05, 0.1) is 6.54 Å². The molecule has 0 saturated heterocycles. The fourth-order valence-electron chi connectivity index (χ4n) is 1.42. The highest BCUT2D eigenvalue weighted by molar-refractivity contribution is 6.30. The molecule has 0 radical (unpaired) electrons. The number of halogens is 1. The van der Waals surface area contributed by atoms with Gasteiger partial charge in [-0.2, -0.15) is 0 Å². The van der Waals surface area contributed by atoms with E-state index in [0.717, 1.165) is 0 Å². The first-order chi connectivity index (χ1) is 8.60. The molecular weight excluding hydrogens is 262 g/mol. The van der Waals surface area contributed by atoms with Gasteiger partial charge in [0.15, 0.2) is 5.76 Å². The second-order valence-electron chi connectivity index (χ2n) is 3.58. The quantitative estimate of drug-likeness (QED) is 0.868. The van der Waals surface area contributed by atoms with Crippen LogP contribution in [0.15, 0.2) is 26.4 Å². The van der Waals surface area contributed by atoms with Gasteiger partial charge in [-0.25, -0.2) is 4.79 Å². The molecule has 0 aliphatic heterocycles. The number of nitrogens with one attached hydrogen (secondary N) is 1. The molecule has 0 aliphatic carbocycles. The van der Waals surface area contributed by atoms with Crippen molar-refractivity contribution in [2.45, 2.75) is 13.2 Å². The van der Waals surface area contributed by atoms with E-state index in [1.807, 2.05) is 0 Å². The number of H-pyrrole nitrogens is 1. The van der Waals surface area contributed by atoms with Crippen LogP contribution in [0.5, 0.6) is 0 Å². The largest absolute Gasteiger partial charge is 0.377 e. The molecule has 0 unspecified atom stereocenters. The van der Waals surface area contributed by atoms with Crippen molar-refractivity contribution in [1.29, 1.82) is 0 Å². The fourth-order valence-corrected chi connectivity index (χ4v) is 1.58. The first-order valence-corrected chi connectivity index (χ1v) is 5.40. The Balaban J connectivity index is 2.25. The highest BCUT2D eigenvalue weighted by Crippen LogP contribution is 2.06. The van der Waals surface area contributed by atoms with Crippen molar-refractivity contribution in [3.63, 3.8) is 0 Å². The summed E-state index contributed by atoms with van der Waals surface area (Å²) in [5.74, 6) is 0.552. The minimum atomic E-state index is -0.613. The van der Waals surface area contributed by atoms with Crippen molar-refractivity contribution in [2.24, 2.45) is 0 Å². The third-order valence-corrected chi connectivity index (χ3v) is 2.46. The van der Waals surface area contributed by atoms with E-state index in [-0.39, 0.29) is 11.6 Å². The van der Waals surface area contributed by atoms with E-state index < -0.39 is 11.2 Å². The summed E-state index contributed by atoms with van der Waals surface area (Å²) in [5, 5.41) is 3.71. The molecular formula is C10H10ClN3O4. The minimum Gasteiger partial charge on any atom is -0.377 e. The van der Waals surface area contributed by atoms with Crippen molar-refractivity contribution in [3.05, 3.63) is 49.6 Å². The van der Waals surface area contributed by atoms with Crippen LogP contribution in [0, 0.1) is 0 Å². The lowest BCUT2D eigenvalue weighted by molar-refractivity contribution is 0.155. The molecule has 2 rings (SSSR count). The number of nitrogens with zero attached hydrogens (tertiary/aromatic N) is 2. The summed E-state index contributed by atoms with van der Waals surface area (Å²) in [6.07, 6.45) is 1.26. The molecule has 2 heterocycles. The molecule has 2 aromatic heterocycles. The molecule has 8 heteroatoms. The van der Waals surface area contributed by atoms with Crippen LogP contribution in [0.25, 0.3) is 0 Å². The van der Waals surface area contributed by atoms with E-state index in [0.29, 0.717) is 18.1 Å². The predicted octanol–water partition coefficient (Wildman–Crippen LogP) is 0.373. The summed E-state index contributed by atoms with van der Waals surface area (Å²) in [6, 6.07) is 1.66. The third-order valence-electron chi connectivity index (χ3n) is 2.19. The van der Waals surface area contributed by atoms with Crippen LogP contribution in [0.1, 0.15) is 11.5 Å². The zero-order valence-electron chi connectivity index (χ0n) is 9.47. The van der Waals surface area contributed by atoms with Crippen LogP contribution in [-0.4, -0.2) is 21.8 Å². The van der Waals surface area contributed by atoms with Gasteiger partial charge in [-0.1, -0.05) is 16.8 Å². The Morgan fingerprint density at radius 1 is 1.56 bits per heavy atom. The van der Waals surface area contributed by atoms with E-state index in [1.165, 1.54) is 17.9 Å². The normalized spacial score (nSPS) is 10.8. The Labute approximate surface area is 106 Å². The molecule has 18 heavy (non-hydrogen) atoms. The van der Waals surface area contributed by atoms with Crippen LogP contribution >= 0.6 is 11.6 Å². The van der Waals surface area contributed by atoms with Gasteiger partial charge in [0.25, 0.3) is 5.56 Å². The number of ether oxygens (including phenoxy) is 1. The Bertz CT molecular complexity index is 658. The summed E-state index contributed by atoms with van der Waals surface area (Å²) in [4.78, 5) is 24.7. The highest BCUT2D eigenvalue weighted by atomic mass is 35.5. The topological polar surface area (TPSA) is 90.1 Å². The van der Waals surface area contributed by atoms with Crippen LogP contribution in [-0.2, 0) is 17.9 Å². The fraction of sp³-hybridized carbons (Fsp3) is 0.300. The monoisotopic (exact) mass is 271 g/mol. The Kier molecular flexibility index (Phi) is 3.63. The Morgan fingerprint density at radius 2 is 2.33 bits per heavy atom. The summed E-state index contributed by atoms with van der Waals surface area (Å²) < 4.78 is 11.1. The molecule has 0 spiro atoms. The van der Waals surface area contributed by atoms with E-state index in [1.54, 1.807) is 6.07 Å². The lowest BCUT2D eigenvalue weighted by Gasteiger charge is -2.01. The number of hydrogen-bond donors (Lipinski definition) is 1. The summed E-state index contributed by atoms with van der Waals surface area (Å²) in [7, 11) is 1.54. The zero-order valence-corrected chi connectivity index (χ0v) is 10.2. The first-order valence-electron chi connectivity index (χ1n) is 5.03. The van der Waals surface area contributed by atoms with Crippen molar-refractivity contribution < 1.29 is 9.26 Å². The van der Waals surface area contributed by atoms with Crippen LogP contribution < -0.4 is 11.2 Å². The predicted molar refractivity (Wildman–Crippen MR) is 62.7 cm³/mol. The first kappa shape index (κ1) is 12.6. The van der Waals surface area contributed by atoms with Crippen molar-refractivity contribution in [1.82, 2.24) is 14.7 Å². The van der Waals surface area contributed by atoms with E-state index >= 15 is 0 Å². The number of aromatic nitrogens is 3. The maximum Gasteiger partial charge on any atom is 0.328 e. The van der Waals surface area contributed by atoms with Gasteiger partial charge >= 0.3 is 5.69 Å². The molecule has 96 valence electrons. The molecule has 0 amide bonds. The summed E-state index contributed by atoms with van der Waals surface area (Å²) >= 11 is 5.64. The number of hydrogen-bond acceptors (Lipinski definition) is 5. The van der Waals surface area contributed by atoms with Crippen LogP contribution in [0.2, 0.25) is 5.02 Å². The lowest BCUT2D eigenvalue weighted by Crippen LogP contribution is -2.30. The number of rotatable bonds is 4. The highest BCUT2D eigenvalue weighted by Gasteiger charge is 2.07. The van der Waals surface area contributed by atoms with Crippen LogP contribution in [0.4, 0.5) is 0 Å². The standard InChI is InChI=1S/C10H10ClN3O4/c1-17-5-7-2-6(13-18-7)3-14-4-8(11)9(15)12-10(14)16/h2,4H,3,5H2,1H3,(H,12,15,16). The van der Waals surface area contributed by atoms with Crippen molar-refractivity contribution in [2.75, 3.05) is 7.11 Å². The average molecular weight is 272 g/mol. The van der Waals surface area contributed by atoms with Gasteiger partial charge in [-0.05, 0) is 0 Å². The second-order valence-corrected chi connectivity index (χ2v) is 3.99.